The van der Waals surface area contributed by atoms with Crippen LogP contribution >= 0.6 is 32.5 Å². The molecule has 0 aromatic heterocycles. The van der Waals surface area contributed by atoms with Crippen LogP contribution in [0.5, 0.6) is 0 Å². The van der Waals surface area contributed by atoms with E-state index in [1.54, 1.807) is 0 Å². The minimum Gasteiger partial charge on any atom is -0.0477 e. The topological polar surface area (TPSA) is 103 Å². The van der Waals surface area contributed by atoms with Crippen molar-refractivity contribution in [2.45, 2.75) is 26.7 Å². The molecule has 1 amide bonds. The van der Waals surface area contributed by atoms with E-state index in [2.05, 4.69) is 134 Å². The number of carbonyl (C=O) groups excluding carboxylic acids is 1. The molecule has 0 fully saturated rings. The second-order valence-electron chi connectivity index (χ2n) is 9.35. The number of carbonyl (C=O) groups is 1. The Labute approximate surface area is 260 Å². The average Bonchev–Trinajstić information content (AvgIpc) is 3.02. The molecule has 0 aliphatic rings. The smallest absolute Gasteiger partial charge is 0.0477 e. The molecule has 8 nitrogen and oxygen atoms in total. The number of nitrogens with one attached hydrogen (secondary N) is 3. The van der Waals surface area contributed by atoms with Crippen molar-refractivity contribution in [2.24, 2.45) is 20.4 Å². The van der Waals surface area contributed by atoms with Crippen molar-refractivity contribution < 1.29 is 4.79 Å². The Morgan fingerprint density at radius 1 is 0.690 bits per heavy atom. The average molecular weight is 622 g/mol. The van der Waals surface area contributed by atoms with Crippen LogP contribution in [0.1, 0.15) is 26.7 Å². The van der Waals surface area contributed by atoms with Gasteiger partial charge < -0.3 is 0 Å². The fraction of sp³-hybridized carbons (Fsp3) is 0.258. The third kappa shape index (κ3) is 10.1. The van der Waals surface area contributed by atoms with Gasteiger partial charge in [0, 0.05) is 6.54 Å². The van der Waals surface area contributed by atoms with E-state index in [0.29, 0.717) is 42.1 Å². The van der Waals surface area contributed by atoms with E-state index in [0.717, 1.165) is 6.16 Å². The van der Waals surface area contributed by atoms with E-state index in [1.807, 2.05) is 32.0 Å². The van der Waals surface area contributed by atoms with Crippen LogP contribution in [0.3, 0.4) is 0 Å². The van der Waals surface area contributed by atoms with Crippen molar-refractivity contribution in [1.29, 1.82) is 0 Å². The molecule has 3 aromatic rings. The maximum atomic E-state index is 13.0. The van der Waals surface area contributed by atoms with E-state index in [1.165, 1.54) is 22.1 Å². The molecule has 0 saturated heterocycles. The molecule has 42 heavy (non-hydrogen) atoms. The molecule has 222 valence electrons. The zero-order chi connectivity index (χ0) is 30.0. The minimum absolute atomic E-state index is 0.0685. The van der Waals surface area contributed by atoms with Crippen molar-refractivity contribution in [3.63, 3.8) is 0 Å². The summed E-state index contributed by atoms with van der Waals surface area (Å²) in [6.45, 7) is 5.77. The van der Waals surface area contributed by atoms with Crippen LogP contribution in [0.4, 0.5) is 0 Å². The summed E-state index contributed by atoms with van der Waals surface area (Å²) in [5.41, 5.74) is 0.498. The van der Waals surface area contributed by atoms with E-state index >= 15 is 0 Å². The quantitative estimate of drug-likeness (QED) is 0.0623. The van der Waals surface area contributed by atoms with Crippen molar-refractivity contribution in [3.05, 3.63) is 91.0 Å². The molecule has 0 unspecified atom stereocenters. The second kappa shape index (κ2) is 18.2. The van der Waals surface area contributed by atoms with E-state index in [-0.39, 0.29) is 12.3 Å². The first-order valence-electron chi connectivity index (χ1n) is 14.0. The van der Waals surface area contributed by atoms with Gasteiger partial charge in [0.1, 0.15) is 0 Å². The Morgan fingerprint density at radius 3 is 1.64 bits per heavy atom. The van der Waals surface area contributed by atoms with Crippen LogP contribution in [-0.2, 0) is 4.79 Å². The summed E-state index contributed by atoms with van der Waals surface area (Å²) in [7, 11) is -2.42. The SMILES string of the molecule is CCN/C(S)=N/N=C/C(CCC(=O)NCC[PH](c1ccccc1)(c1ccccc1)c1ccccc1)=N/N=C(\S)NCC. The molecular formula is C31H40N7OPS2. The van der Waals surface area contributed by atoms with Crippen LogP contribution < -0.4 is 31.9 Å². The van der Waals surface area contributed by atoms with Gasteiger partial charge in [-0.3, -0.25) is 0 Å². The molecular weight excluding hydrogens is 581 g/mol. The van der Waals surface area contributed by atoms with E-state index in [9.17, 15) is 4.79 Å². The van der Waals surface area contributed by atoms with Crippen LogP contribution in [0.15, 0.2) is 111 Å². The molecule has 0 bridgehead atoms. The van der Waals surface area contributed by atoms with Crippen molar-refractivity contribution >= 4 is 76.6 Å². The molecule has 3 aromatic carbocycles. The molecule has 0 spiro atoms. The van der Waals surface area contributed by atoms with E-state index < -0.39 is 7.26 Å². The van der Waals surface area contributed by atoms with Gasteiger partial charge in [-0.2, -0.15) is 0 Å². The molecule has 0 radical (unpaired) electrons. The number of amidine groups is 2. The number of hydrogen-bond donors (Lipinski definition) is 5. The second-order valence-corrected chi connectivity index (χ2v) is 14.2. The van der Waals surface area contributed by atoms with Crippen LogP contribution in [0, 0.1) is 0 Å². The summed E-state index contributed by atoms with van der Waals surface area (Å²) < 4.78 is 0. The maximum absolute atomic E-state index is 13.0. The number of thiol groups is 2. The fourth-order valence-electron chi connectivity index (χ4n) is 4.61. The normalized spacial score (nSPS) is 13.2. The first-order chi connectivity index (χ1) is 20.5. The molecule has 3 N–H and O–H groups in total. The van der Waals surface area contributed by atoms with Gasteiger partial charge in [-0.05, 0) is 13.8 Å². The van der Waals surface area contributed by atoms with Crippen molar-refractivity contribution in [3.8, 4) is 0 Å². The third-order valence-electron chi connectivity index (χ3n) is 6.53. The number of rotatable bonds is 14. The summed E-state index contributed by atoms with van der Waals surface area (Å²) >= 11 is 8.50. The summed E-state index contributed by atoms with van der Waals surface area (Å²) in [4.78, 5) is 13.0. The van der Waals surface area contributed by atoms with Gasteiger partial charge in [0.2, 0.25) is 0 Å². The minimum atomic E-state index is -2.42. The Balaban J connectivity index is 1.76. The number of hydrogen-bond acceptors (Lipinski definition) is 5. The Morgan fingerprint density at radius 2 is 1.17 bits per heavy atom. The van der Waals surface area contributed by atoms with Crippen LogP contribution in [0.25, 0.3) is 0 Å². The first-order valence-corrected chi connectivity index (χ1v) is 17.1. The van der Waals surface area contributed by atoms with Crippen molar-refractivity contribution in [1.82, 2.24) is 16.0 Å². The Kier molecular flexibility index (Phi) is 14.3. The number of nitrogens with zero attached hydrogens (tertiary/aromatic N) is 4. The summed E-state index contributed by atoms with van der Waals surface area (Å²) in [5.74, 6) is -0.0685. The summed E-state index contributed by atoms with van der Waals surface area (Å²) in [5, 5.41) is 30.1. The predicted octanol–water partition coefficient (Wildman–Crippen LogP) is 3.74. The van der Waals surface area contributed by atoms with Gasteiger partial charge in [0.05, 0.1) is 0 Å². The van der Waals surface area contributed by atoms with Gasteiger partial charge in [-0.25, -0.2) is 0 Å². The monoisotopic (exact) mass is 621 g/mol. The standard InChI is InChI=1S/C31H40N7OPS2/c1-3-32-30(41)37-35-24-25(36-38-31(42)33-4-2)20-21-29(39)34-22-23-40(26-14-8-5-9-15-26,27-16-10-6-11-17-27)28-18-12-7-13-19-28/h5-19,24,40H,3-4,20-23H2,1-2H3,(H,34,39)(H2,32,37,41)(H2,33,38,42)/b35-24+,36-25+. The van der Waals surface area contributed by atoms with Gasteiger partial charge in [-0.1, -0.05) is 0 Å². The van der Waals surface area contributed by atoms with Gasteiger partial charge >= 0.3 is 241 Å². The predicted molar refractivity (Wildman–Crippen MR) is 190 cm³/mol. The Hall–Kier alpha value is -3.46. The molecule has 0 aliphatic heterocycles. The molecule has 3 rings (SSSR count). The molecule has 0 saturated carbocycles. The number of benzene rings is 3. The van der Waals surface area contributed by atoms with Crippen LogP contribution in [0.2, 0.25) is 0 Å². The third-order valence-corrected chi connectivity index (χ3v) is 12.0. The number of amides is 1. The van der Waals surface area contributed by atoms with Gasteiger partial charge in [0.15, 0.2) is 0 Å². The Bertz CT molecular complexity index is 1270. The summed E-state index contributed by atoms with van der Waals surface area (Å²) in [6.07, 6.45) is 2.86. The van der Waals surface area contributed by atoms with Gasteiger partial charge in [-0.15, -0.1) is 0 Å². The molecule has 11 heteroatoms. The fourth-order valence-corrected chi connectivity index (χ4v) is 9.67. The summed E-state index contributed by atoms with van der Waals surface area (Å²) in [6, 6.07) is 32.0. The molecule has 0 atom stereocenters. The molecule has 0 heterocycles. The zero-order valence-corrected chi connectivity index (χ0v) is 26.9. The van der Waals surface area contributed by atoms with Gasteiger partial charge in [0.25, 0.3) is 0 Å². The van der Waals surface area contributed by atoms with E-state index in [4.69, 9.17) is 0 Å². The van der Waals surface area contributed by atoms with Crippen LogP contribution in [-0.4, -0.2) is 54.0 Å². The van der Waals surface area contributed by atoms with Crippen molar-refractivity contribution in [2.75, 3.05) is 25.8 Å². The molecule has 0 aliphatic carbocycles. The zero-order valence-electron chi connectivity index (χ0n) is 24.1. The first kappa shape index (κ1) is 33.0.